The van der Waals surface area contributed by atoms with E-state index in [0.29, 0.717) is 0 Å². The van der Waals surface area contributed by atoms with E-state index in [-0.39, 0.29) is 23.7 Å². The molecule has 2 atom stereocenters. The zero-order chi connectivity index (χ0) is 13.1. The summed E-state index contributed by atoms with van der Waals surface area (Å²) in [6.07, 6.45) is 1.45. The lowest BCUT2D eigenvalue weighted by Crippen LogP contribution is -2.30. The highest BCUT2D eigenvalue weighted by Crippen LogP contribution is 2.20. The summed E-state index contributed by atoms with van der Waals surface area (Å²) >= 11 is 0. The maximum Gasteiger partial charge on any atom is 0.252 e. The van der Waals surface area contributed by atoms with Crippen molar-refractivity contribution in [3.8, 4) is 6.07 Å². The van der Waals surface area contributed by atoms with Gasteiger partial charge in [0.15, 0.2) is 0 Å². The number of halogens is 1. The minimum atomic E-state index is -0.307. The maximum absolute atomic E-state index is 12.9. The molecular weight excluding hydrogens is 233 g/mol. The Kier molecular flexibility index (Phi) is 3.35. The molecular formula is C12H12FN5. The Labute approximate surface area is 104 Å². The zero-order valence-corrected chi connectivity index (χ0v) is 9.79. The molecule has 6 heteroatoms. The fourth-order valence-electron chi connectivity index (χ4n) is 1.82. The van der Waals surface area contributed by atoms with E-state index < -0.39 is 0 Å². The summed E-state index contributed by atoms with van der Waals surface area (Å²) < 4.78 is 14.4. The van der Waals surface area contributed by atoms with Gasteiger partial charge in [-0.25, -0.2) is 14.1 Å². The lowest BCUT2D eigenvalue weighted by atomic mass is 10.0. The second-order valence-corrected chi connectivity index (χ2v) is 4.02. The number of benzene rings is 1. The molecule has 0 spiro atoms. The van der Waals surface area contributed by atoms with E-state index in [2.05, 4.69) is 10.1 Å². The summed E-state index contributed by atoms with van der Waals surface area (Å²) in [6, 6.07) is 7.37. The summed E-state index contributed by atoms with van der Waals surface area (Å²) in [4.78, 5) is 3.84. The topological polar surface area (TPSA) is 80.5 Å². The third-order valence-electron chi connectivity index (χ3n) is 2.60. The third-order valence-corrected chi connectivity index (χ3v) is 2.60. The average Bonchev–Trinajstić information content (AvgIpc) is 2.80. The molecule has 0 aliphatic heterocycles. The molecule has 0 bridgehead atoms. The van der Waals surface area contributed by atoms with Gasteiger partial charge in [0.05, 0.1) is 6.04 Å². The van der Waals surface area contributed by atoms with Gasteiger partial charge in [0.25, 0.3) is 5.82 Å². The van der Waals surface area contributed by atoms with Crippen molar-refractivity contribution < 1.29 is 4.39 Å². The van der Waals surface area contributed by atoms with Gasteiger partial charge in [0.2, 0.25) is 0 Å². The van der Waals surface area contributed by atoms with Crippen LogP contribution in [0.4, 0.5) is 4.39 Å². The van der Waals surface area contributed by atoms with Crippen molar-refractivity contribution in [2.75, 3.05) is 0 Å². The molecule has 2 unspecified atom stereocenters. The van der Waals surface area contributed by atoms with Crippen LogP contribution in [0.15, 0.2) is 30.6 Å². The molecule has 5 nitrogen and oxygen atoms in total. The first kappa shape index (κ1) is 12.2. The Morgan fingerprint density at radius 1 is 1.39 bits per heavy atom. The number of nitriles is 1. The van der Waals surface area contributed by atoms with Crippen molar-refractivity contribution in [1.29, 1.82) is 5.26 Å². The molecule has 0 saturated heterocycles. The van der Waals surface area contributed by atoms with E-state index in [1.54, 1.807) is 12.1 Å². The molecule has 2 aromatic rings. The van der Waals surface area contributed by atoms with E-state index in [0.717, 1.165) is 5.56 Å². The summed E-state index contributed by atoms with van der Waals surface area (Å²) in [5, 5.41) is 12.7. The minimum absolute atomic E-state index is 0.0859. The van der Waals surface area contributed by atoms with E-state index in [9.17, 15) is 4.39 Å². The fraction of sp³-hybridized carbons (Fsp3) is 0.250. The Morgan fingerprint density at radius 3 is 2.56 bits per heavy atom. The van der Waals surface area contributed by atoms with Crippen LogP contribution in [0.3, 0.4) is 0 Å². The number of hydrogen-bond acceptors (Lipinski definition) is 4. The van der Waals surface area contributed by atoms with E-state index in [4.69, 9.17) is 11.0 Å². The molecule has 2 N–H and O–H groups in total. The summed E-state index contributed by atoms with van der Waals surface area (Å²) in [7, 11) is 0. The van der Waals surface area contributed by atoms with Crippen LogP contribution in [0.5, 0.6) is 0 Å². The molecule has 1 aromatic heterocycles. The first-order valence-electron chi connectivity index (χ1n) is 5.44. The predicted octanol–water partition coefficient (Wildman–Crippen LogP) is 1.23. The predicted molar refractivity (Wildman–Crippen MR) is 62.9 cm³/mol. The molecule has 0 amide bonds. The van der Waals surface area contributed by atoms with Crippen molar-refractivity contribution >= 4 is 0 Å². The van der Waals surface area contributed by atoms with Crippen molar-refractivity contribution in [3.63, 3.8) is 0 Å². The highest BCUT2D eigenvalue weighted by atomic mass is 19.1. The van der Waals surface area contributed by atoms with E-state index in [1.807, 2.05) is 13.0 Å². The van der Waals surface area contributed by atoms with Gasteiger partial charge in [-0.1, -0.05) is 12.1 Å². The van der Waals surface area contributed by atoms with Crippen LogP contribution in [0.25, 0.3) is 0 Å². The molecule has 1 heterocycles. The van der Waals surface area contributed by atoms with Gasteiger partial charge in [-0.3, -0.25) is 0 Å². The number of aromatic nitrogens is 3. The molecule has 0 aliphatic rings. The Morgan fingerprint density at radius 2 is 2.06 bits per heavy atom. The third kappa shape index (κ3) is 2.36. The first-order chi connectivity index (χ1) is 8.61. The monoisotopic (exact) mass is 245 g/mol. The van der Waals surface area contributed by atoms with Gasteiger partial charge in [0.1, 0.15) is 18.2 Å². The second-order valence-electron chi connectivity index (χ2n) is 4.02. The van der Waals surface area contributed by atoms with Crippen LogP contribution in [-0.4, -0.2) is 20.8 Å². The SMILES string of the molecule is CC(N)C(c1ccc(F)cc1)n1cnc(C#N)n1. The second kappa shape index (κ2) is 4.94. The minimum Gasteiger partial charge on any atom is -0.326 e. The van der Waals surface area contributed by atoms with Crippen molar-refractivity contribution in [3.05, 3.63) is 47.8 Å². The van der Waals surface area contributed by atoms with Crippen molar-refractivity contribution in [1.82, 2.24) is 14.8 Å². The maximum atomic E-state index is 12.9. The Bertz CT molecular complexity index is 567. The van der Waals surface area contributed by atoms with Gasteiger partial charge >= 0.3 is 0 Å². The lowest BCUT2D eigenvalue weighted by Gasteiger charge is -2.21. The summed E-state index contributed by atoms with van der Waals surface area (Å²) in [5.41, 5.74) is 6.74. The quantitative estimate of drug-likeness (QED) is 0.881. The van der Waals surface area contributed by atoms with Crippen LogP contribution in [0, 0.1) is 17.1 Å². The van der Waals surface area contributed by atoms with Gasteiger partial charge in [-0.2, -0.15) is 5.26 Å². The summed E-state index contributed by atoms with van der Waals surface area (Å²) in [6.45, 7) is 1.82. The number of hydrogen-bond donors (Lipinski definition) is 1. The Balaban J connectivity index is 2.40. The van der Waals surface area contributed by atoms with Gasteiger partial charge < -0.3 is 5.73 Å². The Hall–Kier alpha value is -2.26. The standard InChI is InChI=1S/C12H12FN5/c1-8(15)12(9-2-4-10(13)5-3-9)18-7-16-11(6-14)17-18/h2-5,7-8,12H,15H2,1H3. The lowest BCUT2D eigenvalue weighted by molar-refractivity contribution is 0.451. The van der Waals surface area contributed by atoms with Crippen molar-refractivity contribution in [2.45, 2.75) is 19.0 Å². The normalized spacial score (nSPS) is 13.9. The highest BCUT2D eigenvalue weighted by molar-refractivity contribution is 5.22. The number of nitrogens with zero attached hydrogens (tertiary/aromatic N) is 4. The smallest absolute Gasteiger partial charge is 0.252 e. The fourth-order valence-corrected chi connectivity index (χ4v) is 1.82. The molecule has 0 fully saturated rings. The van der Waals surface area contributed by atoms with Crippen LogP contribution < -0.4 is 5.73 Å². The van der Waals surface area contributed by atoms with Crippen LogP contribution in [0.2, 0.25) is 0 Å². The number of nitrogens with two attached hydrogens (primary N) is 1. The molecule has 0 saturated carbocycles. The average molecular weight is 245 g/mol. The number of rotatable bonds is 3. The van der Waals surface area contributed by atoms with E-state index in [1.165, 1.54) is 23.1 Å². The molecule has 0 aliphatic carbocycles. The summed E-state index contributed by atoms with van der Waals surface area (Å²) in [5.74, 6) is -0.221. The first-order valence-corrected chi connectivity index (χ1v) is 5.44. The van der Waals surface area contributed by atoms with Crippen LogP contribution >= 0.6 is 0 Å². The van der Waals surface area contributed by atoms with Crippen LogP contribution in [-0.2, 0) is 0 Å². The van der Waals surface area contributed by atoms with Crippen molar-refractivity contribution in [2.24, 2.45) is 5.73 Å². The largest absolute Gasteiger partial charge is 0.326 e. The van der Waals surface area contributed by atoms with Crippen LogP contribution in [0.1, 0.15) is 24.4 Å². The van der Waals surface area contributed by atoms with E-state index >= 15 is 0 Å². The van der Waals surface area contributed by atoms with Gasteiger partial charge in [0, 0.05) is 6.04 Å². The molecule has 18 heavy (non-hydrogen) atoms. The molecule has 92 valence electrons. The molecule has 0 radical (unpaired) electrons. The molecule has 2 rings (SSSR count). The highest BCUT2D eigenvalue weighted by Gasteiger charge is 2.20. The zero-order valence-electron chi connectivity index (χ0n) is 9.79. The van der Waals surface area contributed by atoms with Gasteiger partial charge in [-0.05, 0) is 24.6 Å². The molecule has 1 aromatic carbocycles. The van der Waals surface area contributed by atoms with Gasteiger partial charge in [-0.15, -0.1) is 5.10 Å².